The van der Waals surface area contributed by atoms with Crippen LogP contribution in [0, 0.1) is 0 Å². The van der Waals surface area contributed by atoms with Crippen LogP contribution in [-0.2, 0) is 49.7 Å². The van der Waals surface area contributed by atoms with Crippen LogP contribution >= 0.6 is 0 Å². The van der Waals surface area contributed by atoms with Crippen molar-refractivity contribution in [3.63, 3.8) is 0 Å². The van der Waals surface area contributed by atoms with Crippen molar-refractivity contribution in [3.8, 4) is 0 Å². The highest BCUT2D eigenvalue weighted by molar-refractivity contribution is 6.62. The molecule has 0 aliphatic carbocycles. The average Bonchev–Trinajstić information content (AvgIpc) is 3.37. The van der Waals surface area contributed by atoms with Crippen LogP contribution in [0.15, 0.2) is 36.4 Å². The number of carboxylic acids is 1. The van der Waals surface area contributed by atoms with Crippen LogP contribution < -0.4 is 16.2 Å². The number of hydrogen-bond acceptors (Lipinski definition) is 7. The Hall–Kier alpha value is -3.18. The standard InChI is InChI=1S/C22H24B2N2O8/c27-18(9-14-3-1-5-16-12-33-23(31)21(14)16)25-7-8-26(11-20(29)30)19(28)10-15-4-2-6-17-13-34-24(32)22(15)17/h1-6,31-32H,7-13H2,(H,25,27)(H,29,30). The van der Waals surface area contributed by atoms with E-state index >= 15 is 0 Å². The number of carboxylic acid groups (broad SMARTS) is 1. The molecule has 176 valence electrons. The summed E-state index contributed by atoms with van der Waals surface area (Å²) in [5, 5.41) is 32.0. The first-order valence-electron chi connectivity index (χ1n) is 10.9. The lowest BCUT2D eigenvalue weighted by atomic mass is 9.75. The van der Waals surface area contributed by atoms with Gasteiger partial charge in [-0.25, -0.2) is 0 Å². The first-order valence-corrected chi connectivity index (χ1v) is 10.9. The summed E-state index contributed by atoms with van der Waals surface area (Å²) in [6.07, 6.45) is -0.0800. The Kier molecular flexibility index (Phi) is 7.32. The van der Waals surface area contributed by atoms with Gasteiger partial charge in [-0.05, 0) is 33.2 Å². The maximum absolute atomic E-state index is 12.9. The Bertz CT molecular complexity index is 1110. The second-order valence-corrected chi connectivity index (χ2v) is 8.22. The van der Waals surface area contributed by atoms with Gasteiger partial charge in [0.25, 0.3) is 0 Å². The normalized spacial score (nSPS) is 14.1. The summed E-state index contributed by atoms with van der Waals surface area (Å²) in [5.74, 6) is -1.93. The van der Waals surface area contributed by atoms with Crippen LogP contribution in [0.2, 0.25) is 0 Å². The van der Waals surface area contributed by atoms with Gasteiger partial charge < -0.3 is 34.7 Å². The van der Waals surface area contributed by atoms with Crippen LogP contribution in [-0.4, -0.2) is 71.7 Å². The monoisotopic (exact) mass is 466 g/mol. The van der Waals surface area contributed by atoms with Crippen LogP contribution in [0.1, 0.15) is 22.3 Å². The third-order valence-electron chi connectivity index (χ3n) is 5.94. The number of amides is 2. The zero-order valence-electron chi connectivity index (χ0n) is 18.4. The third kappa shape index (κ3) is 5.31. The molecule has 0 saturated heterocycles. The number of rotatable bonds is 9. The molecule has 0 radical (unpaired) electrons. The average molecular weight is 466 g/mol. The molecule has 34 heavy (non-hydrogen) atoms. The zero-order chi connectivity index (χ0) is 24.2. The molecule has 2 aliphatic rings. The molecule has 4 N–H and O–H groups in total. The molecule has 2 aromatic rings. The van der Waals surface area contributed by atoms with E-state index in [0.29, 0.717) is 22.1 Å². The molecule has 2 heterocycles. The fourth-order valence-corrected chi connectivity index (χ4v) is 4.33. The van der Waals surface area contributed by atoms with Gasteiger partial charge in [0, 0.05) is 13.1 Å². The van der Waals surface area contributed by atoms with Crippen molar-refractivity contribution >= 4 is 42.9 Å². The number of carbonyl (C=O) groups is 3. The van der Waals surface area contributed by atoms with Crippen molar-refractivity contribution in [2.45, 2.75) is 26.1 Å². The minimum Gasteiger partial charge on any atom is -0.480 e. The van der Waals surface area contributed by atoms with E-state index in [0.717, 1.165) is 16.0 Å². The summed E-state index contributed by atoms with van der Waals surface area (Å²) in [6.45, 7) is 0.0792. The smallest absolute Gasteiger partial charge is 0.480 e. The fraction of sp³-hybridized carbons (Fsp3) is 0.318. The summed E-state index contributed by atoms with van der Waals surface area (Å²) in [5.41, 5.74) is 3.99. The Morgan fingerprint density at radius 2 is 1.47 bits per heavy atom. The minimum absolute atomic E-state index is 0.00356. The van der Waals surface area contributed by atoms with E-state index in [1.54, 1.807) is 30.3 Å². The lowest BCUT2D eigenvalue weighted by molar-refractivity contribution is -0.144. The molecule has 0 bridgehead atoms. The fourth-order valence-electron chi connectivity index (χ4n) is 4.33. The SMILES string of the molecule is O=C(O)CN(CCNC(=O)Cc1cccc2c1B(O)OC2)C(=O)Cc1cccc2c1B(O)OC2. The Morgan fingerprint density at radius 3 is 2.03 bits per heavy atom. The van der Waals surface area contributed by atoms with Gasteiger partial charge in [-0.2, -0.15) is 0 Å². The predicted octanol–water partition coefficient (Wildman–Crippen LogP) is -2.06. The Morgan fingerprint density at radius 1 is 0.912 bits per heavy atom. The van der Waals surface area contributed by atoms with Crippen molar-refractivity contribution < 1.29 is 38.8 Å². The second-order valence-electron chi connectivity index (χ2n) is 8.22. The molecule has 10 nitrogen and oxygen atoms in total. The summed E-state index contributed by atoms with van der Waals surface area (Å²) in [7, 11) is -2.18. The van der Waals surface area contributed by atoms with E-state index in [1.807, 2.05) is 6.07 Å². The number of nitrogens with zero attached hydrogens (tertiary/aromatic N) is 1. The lowest BCUT2D eigenvalue weighted by Crippen LogP contribution is -2.43. The number of benzene rings is 2. The minimum atomic E-state index is -1.17. The van der Waals surface area contributed by atoms with Crippen molar-refractivity contribution in [2.75, 3.05) is 19.6 Å². The van der Waals surface area contributed by atoms with E-state index in [1.165, 1.54) is 0 Å². The van der Waals surface area contributed by atoms with Gasteiger partial charge in [-0.1, -0.05) is 36.4 Å². The first-order chi connectivity index (χ1) is 16.3. The molecule has 0 fully saturated rings. The van der Waals surface area contributed by atoms with Crippen LogP contribution in [0.5, 0.6) is 0 Å². The van der Waals surface area contributed by atoms with Gasteiger partial charge >= 0.3 is 20.2 Å². The molecule has 0 atom stereocenters. The van der Waals surface area contributed by atoms with Crippen LogP contribution in [0.25, 0.3) is 0 Å². The van der Waals surface area contributed by atoms with Gasteiger partial charge in [0.15, 0.2) is 0 Å². The molecule has 4 rings (SSSR count). The predicted molar refractivity (Wildman–Crippen MR) is 122 cm³/mol. The number of aliphatic carboxylic acids is 1. The van der Waals surface area contributed by atoms with E-state index in [-0.39, 0.29) is 45.1 Å². The quantitative estimate of drug-likeness (QED) is 0.309. The van der Waals surface area contributed by atoms with Crippen molar-refractivity contribution in [2.24, 2.45) is 0 Å². The molecule has 0 saturated carbocycles. The molecule has 0 unspecified atom stereocenters. The topological polar surface area (TPSA) is 146 Å². The molecular formula is C22H24B2N2O8. The highest BCUT2D eigenvalue weighted by atomic mass is 16.5. The number of fused-ring (bicyclic) bond motifs is 2. The van der Waals surface area contributed by atoms with Gasteiger partial charge in [-0.3, -0.25) is 14.4 Å². The lowest BCUT2D eigenvalue weighted by Gasteiger charge is -2.22. The first kappa shape index (κ1) is 24.0. The van der Waals surface area contributed by atoms with Gasteiger partial charge in [0.05, 0.1) is 26.1 Å². The number of hydrogen-bond donors (Lipinski definition) is 4. The maximum atomic E-state index is 12.9. The van der Waals surface area contributed by atoms with E-state index < -0.39 is 32.7 Å². The Balaban J connectivity index is 1.35. The molecule has 2 aliphatic heterocycles. The molecule has 2 aromatic carbocycles. The molecule has 2 amide bonds. The summed E-state index contributed by atoms with van der Waals surface area (Å²) in [4.78, 5) is 37.8. The van der Waals surface area contributed by atoms with Crippen molar-refractivity contribution in [3.05, 3.63) is 58.7 Å². The summed E-state index contributed by atoms with van der Waals surface area (Å²) in [6, 6.07) is 10.6. The van der Waals surface area contributed by atoms with E-state index in [2.05, 4.69) is 5.32 Å². The van der Waals surface area contributed by atoms with Gasteiger partial charge in [0.1, 0.15) is 6.54 Å². The number of nitrogens with one attached hydrogen (secondary N) is 1. The molecule has 0 aromatic heterocycles. The Labute approximate surface area is 196 Å². The largest absolute Gasteiger partial charge is 0.492 e. The third-order valence-corrected chi connectivity index (χ3v) is 5.94. The van der Waals surface area contributed by atoms with E-state index in [9.17, 15) is 29.5 Å². The zero-order valence-corrected chi connectivity index (χ0v) is 18.4. The van der Waals surface area contributed by atoms with Crippen LogP contribution in [0.4, 0.5) is 0 Å². The van der Waals surface area contributed by atoms with Crippen LogP contribution in [0.3, 0.4) is 0 Å². The highest BCUT2D eigenvalue weighted by Gasteiger charge is 2.32. The summed E-state index contributed by atoms with van der Waals surface area (Å²) >= 11 is 0. The second kappa shape index (κ2) is 10.4. The number of carbonyl (C=O) groups excluding carboxylic acids is 2. The summed E-state index contributed by atoms with van der Waals surface area (Å²) < 4.78 is 10.4. The molecule has 12 heteroatoms. The molecular weight excluding hydrogens is 442 g/mol. The van der Waals surface area contributed by atoms with Gasteiger partial charge in [0.2, 0.25) is 11.8 Å². The van der Waals surface area contributed by atoms with Crippen molar-refractivity contribution in [1.29, 1.82) is 0 Å². The maximum Gasteiger partial charge on any atom is 0.492 e. The highest BCUT2D eigenvalue weighted by Crippen LogP contribution is 2.15. The molecule has 0 spiro atoms. The van der Waals surface area contributed by atoms with Gasteiger partial charge in [-0.15, -0.1) is 0 Å². The van der Waals surface area contributed by atoms with E-state index in [4.69, 9.17) is 9.31 Å². The van der Waals surface area contributed by atoms with Crippen molar-refractivity contribution in [1.82, 2.24) is 10.2 Å².